The van der Waals surface area contributed by atoms with Crippen molar-refractivity contribution in [1.29, 1.82) is 0 Å². The highest BCUT2D eigenvalue weighted by atomic mass is 19.1. The fourth-order valence-electron chi connectivity index (χ4n) is 0.359. The Labute approximate surface area is 65.9 Å². The molecule has 0 rings (SSSR count). The Bertz CT molecular complexity index is 236. The molecule has 0 saturated heterocycles. The second-order valence-corrected chi connectivity index (χ2v) is 2.24. The van der Waals surface area contributed by atoms with Crippen molar-refractivity contribution in [1.82, 2.24) is 0 Å². The van der Waals surface area contributed by atoms with Crippen LogP contribution in [-0.2, 0) is 0 Å². The zero-order chi connectivity index (χ0) is 9.02. The molecule has 2 heteroatoms. The topological polar surface area (TPSA) is 20.2 Å². The lowest BCUT2D eigenvalue weighted by atomic mass is 10.1. The summed E-state index contributed by atoms with van der Waals surface area (Å²) >= 11 is 0. The Kier molecular flexibility index (Phi) is 3.31. The highest BCUT2D eigenvalue weighted by molar-refractivity contribution is 5.37. The Morgan fingerprint density at radius 3 is 2.09 bits per heavy atom. The molecule has 1 N–H and O–H groups in total. The van der Waals surface area contributed by atoms with Gasteiger partial charge in [-0.3, -0.25) is 0 Å². The maximum Gasteiger partial charge on any atom is 0.164 e. The van der Waals surface area contributed by atoms with Crippen LogP contribution in [0.15, 0.2) is 48.5 Å². The Hall–Kier alpha value is -1.31. The number of hydrogen-bond acceptors (Lipinski definition) is 1. The number of aliphatic hydroxyl groups excluding tert-OH is 1. The summed E-state index contributed by atoms with van der Waals surface area (Å²) in [4.78, 5) is 0. The first-order chi connectivity index (χ1) is 4.95. The number of allylic oxidation sites excluding steroid dienone is 4. The molecule has 0 radical (unpaired) electrons. The van der Waals surface area contributed by atoms with Gasteiger partial charge in [0.25, 0.3) is 0 Å². The summed E-state index contributed by atoms with van der Waals surface area (Å²) in [6.07, 6.45) is 1.09. The van der Waals surface area contributed by atoms with Gasteiger partial charge in [0.05, 0.1) is 0 Å². The molecule has 1 nitrogen and oxygen atoms in total. The van der Waals surface area contributed by atoms with E-state index in [1.807, 2.05) is 0 Å². The van der Waals surface area contributed by atoms with Crippen LogP contribution in [-0.4, -0.2) is 5.11 Å². The lowest BCUT2D eigenvalue weighted by molar-refractivity contribution is 0.392. The zero-order valence-electron chi connectivity index (χ0n) is 6.52. The third-order valence-electron chi connectivity index (χ3n) is 1.12. The molecule has 0 amide bonds. The van der Waals surface area contributed by atoms with Crippen LogP contribution in [0.3, 0.4) is 0 Å². The fourth-order valence-corrected chi connectivity index (χ4v) is 0.359. The third kappa shape index (κ3) is 3.40. The van der Waals surface area contributed by atoms with Crippen LogP contribution < -0.4 is 0 Å². The van der Waals surface area contributed by atoms with Crippen LogP contribution in [0.2, 0.25) is 0 Å². The van der Waals surface area contributed by atoms with Gasteiger partial charge in [-0.1, -0.05) is 25.3 Å². The summed E-state index contributed by atoms with van der Waals surface area (Å²) in [5, 5.41) is 8.54. The minimum Gasteiger partial charge on any atom is -0.506 e. The van der Waals surface area contributed by atoms with Gasteiger partial charge in [-0.2, -0.15) is 0 Å². The van der Waals surface area contributed by atoms with Crippen LogP contribution in [0.4, 0.5) is 4.39 Å². The number of hydrogen-bond donors (Lipinski definition) is 1. The first-order valence-electron chi connectivity index (χ1n) is 3.05. The molecule has 0 aliphatic carbocycles. The molecular formula is C9H11FO. The SMILES string of the molecule is C=C(C)C(=C)/C=C(/F)C(=C)O. The summed E-state index contributed by atoms with van der Waals surface area (Å²) in [6.45, 7) is 11.8. The smallest absolute Gasteiger partial charge is 0.164 e. The summed E-state index contributed by atoms with van der Waals surface area (Å²) in [5.74, 6) is -1.37. The normalized spacial score (nSPS) is 10.9. The van der Waals surface area contributed by atoms with Crippen molar-refractivity contribution in [2.75, 3.05) is 0 Å². The molecule has 0 aromatic heterocycles. The molecule has 0 aliphatic rings. The van der Waals surface area contributed by atoms with Crippen molar-refractivity contribution < 1.29 is 9.50 Å². The van der Waals surface area contributed by atoms with Gasteiger partial charge in [0.15, 0.2) is 5.83 Å². The molecule has 0 fully saturated rings. The van der Waals surface area contributed by atoms with Crippen molar-refractivity contribution in [3.05, 3.63) is 48.5 Å². The van der Waals surface area contributed by atoms with E-state index in [1.54, 1.807) is 6.92 Å². The molecule has 0 saturated carbocycles. The van der Waals surface area contributed by atoms with Gasteiger partial charge in [0.1, 0.15) is 5.76 Å². The Morgan fingerprint density at radius 1 is 1.36 bits per heavy atom. The van der Waals surface area contributed by atoms with Gasteiger partial charge < -0.3 is 5.11 Å². The molecule has 0 unspecified atom stereocenters. The largest absolute Gasteiger partial charge is 0.506 e. The van der Waals surface area contributed by atoms with Gasteiger partial charge in [0, 0.05) is 0 Å². The second kappa shape index (κ2) is 3.76. The van der Waals surface area contributed by atoms with Crippen molar-refractivity contribution in [3.63, 3.8) is 0 Å². The van der Waals surface area contributed by atoms with E-state index in [4.69, 9.17) is 5.11 Å². The summed E-state index contributed by atoms with van der Waals surface area (Å²) < 4.78 is 12.5. The van der Waals surface area contributed by atoms with Crippen LogP contribution >= 0.6 is 0 Å². The molecule has 0 bridgehead atoms. The summed E-state index contributed by atoms with van der Waals surface area (Å²) in [7, 11) is 0. The zero-order valence-corrected chi connectivity index (χ0v) is 6.52. The van der Waals surface area contributed by atoms with E-state index in [-0.39, 0.29) is 0 Å². The van der Waals surface area contributed by atoms with Crippen molar-refractivity contribution in [3.8, 4) is 0 Å². The van der Waals surface area contributed by atoms with E-state index in [0.29, 0.717) is 11.1 Å². The van der Waals surface area contributed by atoms with Crippen molar-refractivity contribution in [2.24, 2.45) is 0 Å². The standard InChI is InChI=1S/C9H11FO/c1-6(2)7(3)5-9(10)8(4)11/h5,11H,1,3-4H2,2H3/b9-5+. The average Bonchev–Trinajstić information content (AvgIpc) is 1.87. The van der Waals surface area contributed by atoms with Crippen molar-refractivity contribution in [2.45, 2.75) is 6.92 Å². The molecule has 0 aliphatic heterocycles. The van der Waals surface area contributed by atoms with Gasteiger partial charge in [-0.05, 0) is 18.6 Å². The monoisotopic (exact) mass is 154 g/mol. The number of aliphatic hydroxyl groups is 1. The Balaban J connectivity index is 4.44. The predicted molar refractivity (Wildman–Crippen MR) is 44.9 cm³/mol. The lowest BCUT2D eigenvalue weighted by Crippen LogP contribution is -1.82. The van der Waals surface area contributed by atoms with Crippen LogP contribution in [0, 0.1) is 0 Å². The highest BCUT2D eigenvalue weighted by Gasteiger charge is 1.98. The first kappa shape index (κ1) is 9.69. The van der Waals surface area contributed by atoms with E-state index in [9.17, 15) is 4.39 Å². The number of halogens is 1. The highest BCUT2D eigenvalue weighted by Crippen LogP contribution is 2.13. The van der Waals surface area contributed by atoms with Crippen LogP contribution in [0.1, 0.15) is 6.92 Å². The summed E-state index contributed by atoms with van der Waals surface area (Å²) in [5.41, 5.74) is 1.10. The third-order valence-corrected chi connectivity index (χ3v) is 1.12. The Morgan fingerprint density at radius 2 is 1.82 bits per heavy atom. The van der Waals surface area contributed by atoms with Crippen LogP contribution in [0.25, 0.3) is 0 Å². The minimum atomic E-state index is -0.780. The maximum absolute atomic E-state index is 12.5. The van der Waals surface area contributed by atoms with Gasteiger partial charge in [-0.25, -0.2) is 4.39 Å². The predicted octanol–water partition coefficient (Wildman–Crippen LogP) is 3.04. The van der Waals surface area contributed by atoms with Gasteiger partial charge >= 0.3 is 0 Å². The summed E-state index contributed by atoms with van der Waals surface area (Å²) in [6, 6.07) is 0. The quantitative estimate of drug-likeness (QED) is 0.489. The minimum absolute atomic E-state index is 0.442. The lowest BCUT2D eigenvalue weighted by Gasteiger charge is -1.97. The van der Waals surface area contributed by atoms with Gasteiger partial charge in [0.2, 0.25) is 0 Å². The number of rotatable bonds is 3. The van der Waals surface area contributed by atoms with E-state index in [2.05, 4.69) is 19.7 Å². The van der Waals surface area contributed by atoms with E-state index in [0.717, 1.165) is 6.08 Å². The molecule has 0 aromatic rings. The average molecular weight is 154 g/mol. The molecule has 60 valence electrons. The molecule has 0 heterocycles. The fraction of sp³-hybridized carbons (Fsp3) is 0.111. The van der Waals surface area contributed by atoms with Crippen LogP contribution in [0.5, 0.6) is 0 Å². The van der Waals surface area contributed by atoms with Gasteiger partial charge in [-0.15, -0.1) is 0 Å². The molecule has 0 atom stereocenters. The van der Waals surface area contributed by atoms with E-state index < -0.39 is 11.6 Å². The molecule has 0 aromatic carbocycles. The maximum atomic E-state index is 12.5. The molecule has 0 spiro atoms. The van der Waals surface area contributed by atoms with E-state index >= 15 is 0 Å². The second-order valence-electron chi connectivity index (χ2n) is 2.24. The van der Waals surface area contributed by atoms with E-state index in [1.165, 1.54) is 0 Å². The molecular weight excluding hydrogens is 143 g/mol. The molecule has 11 heavy (non-hydrogen) atoms. The first-order valence-corrected chi connectivity index (χ1v) is 3.05. The van der Waals surface area contributed by atoms with Crippen molar-refractivity contribution >= 4 is 0 Å².